The van der Waals surface area contributed by atoms with Gasteiger partial charge in [-0.15, -0.1) is 11.3 Å². The van der Waals surface area contributed by atoms with Crippen LogP contribution in [0.4, 0.5) is 17.1 Å². The van der Waals surface area contributed by atoms with Crippen LogP contribution in [0, 0.1) is 17.0 Å². The molecular weight excluding hydrogens is 402 g/mol. The minimum Gasteiger partial charge on any atom is -0.321 e. The smallest absolute Gasteiger partial charge is 0.271 e. The van der Waals surface area contributed by atoms with E-state index in [9.17, 15) is 23.3 Å². The van der Waals surface area contributed by atoms with Crippen molar-refractivity contribution >= 4 is 44.3 Å². The van der Waals surface area contributed by atoms with Crippen molar-refractivity contribution in [3.05, 3.63) is 81.2 Å². The van der Waals surface area contributed by atoms with Crippen molar-refractivity contribution in [2.24, 2.45) is 0 Å². The van der Waals surface area contributed by atoms with Crippen molar-refractivity contribution < 1.29 is 18.1 Å². The van der Waals surface area contributed by atoms with E-state index >= 15 is 0 Å². The van der Waals surface area contributed by atoms with E-state index < -0.39 is 20.9 Å². The number of hydrogen-bond acceptors (Lipinski definition) is 6. The number of carbonyl (C=O) groups is 1. The summed E-state index contributed by atoms with van der Waals surface area (Å²) in [5.41, 5.74) is 1.49. The molecule has 0 bridgehead atoms. The molecule has 144 valence electrons. The van der Waals surface area contributed by atoms with Gasteiger partial charge in [-0.3, -0.25) is 19.6 Å². The molecule has 1 aromatic heterocycles. The lowest BCUT2D eigenvalue weighted by molar-refractivity contribution is -0.384. The number of nitrogens with zero attached hydrogens (tertiary/aromatic N) is 1. The molecule has 0 aliphatic carbocycles. The molecule has 0 unspecified atom stereocenters. The number of carbonyl (C=O) groups excluding carboxylic acids is 1. The number of non-ortho nitro benzene ring substituents is 1. The van der Waals surface area contributed by atoms with Gasteiger partial charge in [0.2, 0.25) is 0 Å². The first kappa shape index (κ1) is 19.5. The van der Waals surface area contributed by atoms with E-state index in [0.29, 0.717) is 16.9 Å². The number of benzene rings is 2. The van der Waals surface area contributed by atoms with E-state index in [1.54, 1.807) is 24.4 Å². The highest BCUT2D eigenvalue weighted by atomic mass is 32.2. The number of rotatable bonds is 6. The Labute approximate surface area is 165 Å². The lowest BCUT2D eigenvalue weighted by atomic mass is 10.1. The maximum atomic E-state index is 12.4. The fourth-order valence-corrected chi connectivity index (χ4v) is 4.42. The predicted molar refractivity (Wildman–Crippen MR) is 107 cm³/mol. The fraction of sp³-hybridized carbons (Fsp3) is 0.0556. The van der Waals surface area contributed by atoms with Gasteiger partial charge < -0.3 is 5.32 Å². The van der Waals surface area contributed by atoms with E-state index in [1.165, 1.54) is 42.5 Å². The fourth-order valence-electron chi connectivity index (χ4n) is 2.36. The van der Waals surface area contributed by atoms with E-state index in [4.69, 9.17) is 0 Å². The third-order valence-electron chi connectivity index (χ3n) is 3.84. The largest absolute Gasteiger partial charge is 0.321 e. The van der Waals surface area contributed by atoms with E-state index in [2.05, 4.69) is 10.0 Å². The number of nitrogens with one attached hydrogen (secondary N) is 2. The Kier molecular flexibility index (Phi) is 5.43. The third kappa shape index (κ3) is 4.35. The molecule has 1 heterocycles. The Bertz CT molecular complexity index is 1120. The van der Waals surface area contributed by atoms with Gasteiger partial charge in [0.15, 0.2) is 0 Å². The first-order valence-corrected chi connectivity index (χ1v) is 10.4. The molecule has 8 nitrogen and oxygen atoms in total. The standard InChI is InChI=1S/C18H15N3O5S2/c1-12-4-9-15(21(23)24)11-16(12)19-18(22)13-5-7-14(8-6-13)20-28(25,26)17-3-2-10-27-17/h2-11,20H,1H3,(H,19,22). The lowest BCUT2D eigenvalue weighted by Crippen LogP contribution is -2.14. The van der Waals surface area contributed by atoms with Crippen molar-refractivity contribution in [2.75, 3.05) is 10.0 Å². The number of nitro groups is 1. The van der Waals surface area contributed by atoms with Crippen molar-refractivity contribution in [3.63, 3.8) is 0 Å². The molecule has 10 heteroatoms. The van der Waals surface area contributed by atoms with Crippen molar-refractivity contribution in [2.45, 2.75) is 11.1 Å². The van der Waals surface area contributed by atoms with Crippen LogP contribution in [0.3, 0.4) is 0 Å². The van der Waals surface area contributed by atoms with Crippen molar-refractivity contribution in [3.8, 4) is 0 Å². The molecule has 0 fully saturated rings. The number of aryl methyl sites for hydroxylation is 1. The summed E-state index contributed by atoms with van der Waals surface area (Å²) < 4.78 is 27.1. The van der Waals surface area contributed by atoms with Gasteiger partial charge in [-0.2, -0.15) is 0 Å². The molecule has 0 saturated heterocycles. The summed E-state index contributed by atoms with van der Waals surface area (Å²) in [6, 6.07) is 13.2. The number of hydrogen-bond donors (Lipinski definition) is 2. The summed E-state index contributed by atoms with van der Waals surface area (Å²) in [5.74, 6) is -0.462. The summed E-state index contributed by atoms with van der Waals surface area (Å²) in [5, 5.41) is 15.2. The molecule has 0 aliphatic heterocycles. The van der Waals surface area contributed by atoms with Crippen molar-refractivity contribution in [1.29, 1.82) is 0 Å². The molecular formula is C18H15N3O5S2. The van der Waals surface area contributed by atoms with Gasteiger partial charge in [-0.25, -0.2) is 8.42 Å². The minimum atomic E-state index is -3.67. The highest BCUT2D eigenvalue weighted by Crippen LogP contribution is 2.23. The molecule has 0 saturated carbocycles. The summed E-state index contributed by atoms with van der Waals surface area (Å²) in [6.45, 7) is 1.72. The third-order valence-corrected chi connectivity index (χ3v) is 6.62. The average Bonchev–Trinajstić information content (AvgIpc) is 3.19. The average molecular weight is 417 g/mol. The van der Waals surface area contributed by atoms with E-state index in [1.807, 2.05) is 0 Å². The van der Waals surface area contributed by atoms with Crippen LogP contribution in [0.25, 0.3) is 0 Å². The Balaban J connectivity index is 1.74. The molecule has 0 spiro atoms. The molecule has 0 atom stereocenters. The quantitative estimate of drug-likeness (QED) is 0.464. The summed E-state index contributed by atoms with van der Waals surface area (Å²) >= 11 is 1.10. The second-order valence-electron chi connectivity index (χ2n) is 5.83. The highest BCUT2D eigenvalue weighted by molar-refractivity contribution is 7.94. The predicted octanol–water partition coefficient (Wildman–Crippen LogP) is 4.02. The van der Waals surface area contributed by atoms with E-state index in [0.717, 1.165) is 11.3 Å². The molecule has 1 amide bonds. The normalized spacial score (nSPS) is 11.0. The highest BCUT2D eigenvalue weighted by Gasteiger charge is 2.16. The molecule has 28 heavy (non-hydrogen) atoms. The zero-order valence-corrected chi connectivity index (χ0v) is 16.2. The van der Waals surface area contributed by atoms with Crippen LogP contribution in [0.15, 0.2) is 64.2 Å². The number of thiophene rings is 1. The summed E-state index contributed by atoms with van der Waals surface area (Å²) in [7, 11) is -3.67. The lowest BCUT2D eigenvalue weighted by Gasteiger charge is -2.10. The zero-order valence-electron chi connectivity index (χ0n) is 14.6. The maximum absolute atomic E-state index is 12.4. The minimum absolute atomic E-state index is 0.126. The SMILES string of the molecule is Cc1ccc([N+](=O)[O-])cc1NC(=O)c1ccc(NS(=O)(=O)c2cccs2)cc1. The van der Waals surface area contributed by atoms with Gasteiger partial charge in [-0.1, -0.05) is 12.1 Å². The molecule has 3 aromatic rings. The first-order chi connectivity index (χ1) is 13.3. The topological polar surface area (TPSA) is 118 Å². The Morgan fingerprint density at radius 1 is 1.11 bits per heavy atom. The van der Waals surface area contributed by atoms with Crippen LogP contribution >= 0.6 is 11.3 Å². The Morgan fingerprint density at radius 3 is 2.43 bits per heavy atom. The van der Waals surface area contributed by atoms with Crippen LogP contribution in [0.2, 0.25) is 0 Å². The van der Waals surface area contributed by atoms with Crippen LogP contribution in [0.5, 0.6) is 0 Å². The molecule has 2 aromatic carbocycles. The number of anilines is 2. The van der Waals surface area contributed by atoms with Crippen molar-refractivity contribution in [1.82, 2.24) is 0 Å². The van der Waals surface area contributed by atoms with E-state index in [-0.39, 0.29) is 15.5 Å². The van der Waals surface area contributed by atoms with Gasteiger partial charge in [0.05, 0.1) is 10.6 Å². The van der Waals surface area contributed by atoms with Gasteiger partial charge >= 0.3 is 0 Å². The van der Waals surface area contributed by atoms with Crippen LogP contribution in [-0.4, -0.2) is 19.2 Å². The van der Waals surface area contributed by atoms with Gasteiger partial charge in [0.1, 0.15) is 4.21 Å². The van der Waals surface area contributed by atoms with Crippen LogP contribution in [-0.2, 0) is 10.0 Å². The molecule has 3 rings (SSSR count). The van der Waals surface area contributed by atoms with Gasteiger partial charge in [-0.05, 0) is 48.2 Å². The van der Waals surface area contributed by atoms with Gasteiger partial charge in [0.25, 0.3) is 21.6 Å². The number of sulfonamides is 1. The number of nitro benzene ring substituents is 1. The summed E-state index contributed by atoms with van der Waals surface area (Å²) in [6.07, 6.45) is 0. The Morgan fingerprint density at radius 2 is 1.82 bits per heavy atom. The first-order valence-electron chi connectivity index (χ1n) is 7.99. The van der Waals surface area contributed by atoms with Gasteiger partial charge in [0, 0.05) is 23.4 Å². The summed E-state index contributed by atoms with van der Waals surface area (Å²) in [4.78, 5) is 22.8. The Hall–Kier alpha value is -3.24. The zero-order chi connectivity index (χ0) is 20.3. The monoisotopic (exact) mass is 417 g/mol. The molecule has 2 N–H and O–H groups in total. The maximum Gasteiger partial charge on any atom is 0.271 e. The second-order valence-corrected chi connectivity index (χ2v) is 8.68. The van der Waals surface area contributed by atoms with Crippen LogP contribution < -0.4 is 10.0 Å². The van der Waals surface area contributed by atoms with Crippen LogP contribution in [0.1, 0.15) is 15.9 Å². The second kappa shape index (κ2) is 7.79. The molecule has 0 radical (unpaired) electrons. The number of amides is 1. The molecule has 0 aliphatic rings.